The highest BCUT2D eigenvalue weighted by atomic mass is 16.5. The summed E-state index contributed by atoms with van der Waals surface area (Å²) in [6, 6.07) is 34.4. The highest BCUT2D eigenvalue weighted by molar-refractivity contribution is 6.02. The summed E-state index contributed by atoms with van der Waals surface area (Å²) in [5.74, 6) is 2.82. The van der Waals surface area contributed by atoms with Crippen molar-refractivity contribution in [2.75, 3.05) is 4.90 Å². The molecule has 0 aromatic heterocycles. The molecular weight excluding hydrogens is 516 g/mol. The highest BCUT2D eigenvalue weighted by Crippen LogP contribution is 2.51. The van der Waals surface area contributed by atoms with Gasteiger partial charge < -0.3 is 14.4 Å². The Morgan fingerprint density at radius 1 is 0.714 bits per heavy atom. The Labute approximate surface area is 246 Å². The maximum atomic E-state index is 9.39. The largest absolute Gasteiger partial charge is 0.462 e. The smallest absolute Gasteiger partial charge is 0.137 e. The lowest BCUT2D eigenvalue weighted by atomic mass is 9.95. The molecule has 0 N–H and O–H groups in total. The first-order chi connectivity index (χ1) is 20.5. The number of nitrogens with zero attached hydrogens (tertiary/aromatic N) is 2. The molecule has 0 atom stereocenters. The summed E-state index contributed by atoms with van der Waals surface area (Å²) in [5.41, 5.74) is 11.7. The Kier molecular flexibility index (Phi) is 6.14. The van der Waals surface area contributed by atoms with Crippen molar-refractivity contribution in [3.63, 3.8) is 0 Å². The predicted octanol–water partition coefficient (Wildman–Crippen LogP) is 10.1. The van der Waals surface area contributed by atoms with Crippen LogP contribution in [-0.2, 0) is 4.74 Å². The van der Waals surface area contributed by atoms with Crippen molar-refractivity contribution in [2.45, 2.75) is 20.8 Å². The molecule has 7 rings (SSSR count). The summed E-state index contributed by atoms with van der Waals surface area (Å²) in [6.45, 7) is 5.78. The number of nitriles is 1. The second-order valence-corrected chi connectivity index (χ2v) is 10.7. The number of anilines is 3. The Hall–Kier alpha value is -5.53. The number of hydrogen-bond donors (Lipinski definition) is 0. The van der Waals surface area contributed by atoms with Crippen molar-refractivity contribution in [3.05, 3.63) is 149 Å². The lowest BCUT2D eigenvalue weighted by molar-refractivity contribution is 0.313. The first kappa shape index (κ1) is 25.4. The Morgan fingerprint density at radius 2 is 1.33 bits per heavy atom. The molecule has 42 heavy (non-hydrogen) atoms. The Balaban J connectivity index is 1.34. The van der Waals surface area contributed by atoms with E-state index >= 15 is 0 Å². The minimum absolute atomic E-state index is 0.631. The van der Waals surface area contributed by atoms with E-state index in [1.807, 2.05) is 38.2 Å². The second-order valence-electron chi connectivity index (χ2n) is 10.7. The van der Waals surface area contributed by atoms with E-state index in [0.29, 0.717) is 17.1 Å². The van der Waals surface area contributed by atoms with Crippen LogP contribution >= 0.6 is 0 Å². The molecule has 3 aliphatic heterocycles. The molecule has 0 saturated heterocycles. The van der Waals surface area contributed by atoms with Crippen LogP contribution in [0.25, 0.3) is 27.8 Å². The van der Waals surface area contributed by atoms with Crippen molar-refractivity contribution < 1.29 is 9.47 Å². The van der Waals surface area contributed by atoms with Crippen LogP contribution in [0.15, 0.2) is 144 Å². The zero-order valence-corrected chi connectivity index (χ0v) is 23.7. The standard InChI is InChI=1S/C38H28N2O2/c1-24-18-29(22-30-20-27(25(2)23-39)19-26(3)41-30)42-38-21-28(16-17-31(24)38)40-36-14-8-6-12-34(36)32-10-4-5-11-33(32)35-13-7-9-15-37(35)40/h4-22H,1-3H3/b27-25?,29-22+. The van der Waals surface area contributed by atoms with Crippen LogP contribution in [0.3, 0.4) is 0 Å². The summed E-state index contributed by atoms with van der Waals surface area (Å²) >= 11 is 0. The van der Waals surface area contributed by atoms with Gasteiger partial charge in [0.25, 0.3) is 0 Å². The van der Waals surface area contributed by atoms with Crippen LogP contribution in [0, 0.1) is 11.3 Å². The van der Waals surface area contributed by atoms with Gasteiger partial charge >= 0.3 is 0 Å². The fraction of sp³-hybridized carbons (Fsp3) is 0.0789. The quantitative estimate of drug-likeness (QED) is 0.207. The average Bonchev–Trinajstić information content (AvgIpc) is 3.13. The van der Waals surface area contributed by atoms with E-state index in [9.17, 15) is 5.26 Å². The first-order valence-electron chi connectivity index (χ1n) is 14.0. The number of allylic oxidation sites excluding steroid dienone is 8. The van der Waals surface area contributed by atoms with E-state index in [2.05, 4.69) is 109 Å². The zero-order chi connectivity index (χ0) is 28.8. The number of ether oxygens (including phenoxy) is 2. The van der Waals surface area contributed by atoms with E-state index in [1.165, 1.54) is 22.3 Å². The number of hydrogen-bond acceptors (Lipinski definition) is 4. The Bertz CT molecular complexity index is 1910. The molecule has 0 spiro atoms. The molecular formula is C38H28N2O2. The molecule has 0 bridgehead atoms. The maximum absolute atomic E-state index is 9.39. The van der Waals surface area contributed by atoms with Crippen molar-refractivity contribution in [3.8, 4) is 34.1 Å². The van der Waals surface area contributed by atoms with Gasteiger partial charge in [-0.1, -0.05) is 60.7 Å². The molecule has 4 aromatic rings. The molecule has 202 valence electrons. The van der Waals surface area contributed by atoms with Crippen LogP contribution in [0.2, 0.25) is 0 Å². The van der Waals surface area contributed by atoms with Crippen LogP contribution in [0.1, 0.15) is 26.3 Å². The lowest BCUT2D eigenvalue weighted by Crippen LogP contribution is -2.12. The van der Waals surface area contributed by atoms with Gasteiger partial charge in [0.05, 0.1) is 17.4 Å². The molecule has 3 aliphatic rings. The summed E-state index contributed by atoms with van der Waals surface area (Å²) in [7, 11) is 0. The van der Waals surface area contributed by atoms with E-state index in [4.69, 9.17) is 9.47 Å². The van der Waals surface area contributed by atoms with Gasteiger partial charge in [0.15, 0.2) is 0 Å². The third kappa shape index (κ3) is 4.33. The van der Waals surface area contributed by atoms with E-state index in [0.717, 1.165) is 45.3 Å². The van der Waals surface area contributed by atoms with Gasteiger partial charge in [-0.25, -0.2) is 0 Å². The van der Waals surface area contributed by atoms with Crippen LogP contribution in [0.4, 0.5) is 17.1 Å². The predicted molar refractivity (Wildman–Crippen MR) is 169 cm³/mol. The molecule has 4 nitrogen and oxygen atoms in total. The van der Waals surface area contributed by atoms with Gasteiger partial charge in [0.1, 0.15) is 23.0 Å². The second kappa shape index (κ2) is 10.1. The number of para-hydroxylation sites is 2. The van der Waals surface area contributed by atoms with Crippen molar-refractivity contribution >= 4 is 22.6 Å². The summed E-state index contributed by atoms with van der Waals surface area (Å²) in [4.78, 5) is 2.33. The molecule has 4 aromatic carbocycles. The zero-order valence-electron chi connectivity index (χ0n) is 23.7. The Morgan fingerprint density at radius 3 is 1.98 bits per heavy atom. The maximum Gasteiger partial charge on any atom is 0.137 e. The van der Waals surface area contributed by atoms with Crippen LogP contribution in [0.5, 0.6) is 5.75 Å². The van der Waals surface area contributed by atoms with Crippen LogP contribution in [-0.4, -0.2) is 0 Å². The summed E-state index contributed by atoms with van der Waals surface area (Å²) < 4.78 is 12.5. The van der Waals surface area contributed by atoms with E-state index in [1.54, 1.807) is 0 Å². The third-order valence-corrected chi connectivity index (χ3v) is 7.85. The van der Waals surface area contributed by atoms with Gasteiger partial charge in [0, 0.05) is 40.1 Å². The summed E-state index contributed by atoms with van der Waals surface area (Å²) in [6.07, 6.45) is 7.65. The number of benzene rings is 4. The molecule has 0 amide bonds. The van der Waals surface area contributed by atoms with Crippen molar-refractivity contribution in [1.82, 2.24) is 0 Å². The minimum Gasteiger partial charge on any atom is -0.462 e. The highest BCUT2D eigenvalue weighted by Gasteiger charge is 2.27. The lowest BCUT2D eigenvalue weighted by Gasteiger charge is -2.29. The molecule has 0 radical (unpaired) electrons. The van der Waals surface area contributed by atoms with E-state index < -0.39 is 0 Å². The monoisotopic (exact) mass is 544 g/mol. The van der Waals surface area contributed by atoms with Crippen LogP contribution < -0.4 is 9.64 Å². The first-order valence-corrected chi connectivity index (χ1v) is 14.0. The van der Waals surface area contributed by atoms with Gasteiger partial charge in [-0.15, -0.1) is 0 Å². The summed E-state index contributed by atoms with van der Waals surface area (Å²) in [5, 5.41) is 9.39. The molecule has 0 aliphatic carbocycles. The fourth-order valence-corrected chi connectivity index (χ4v) is 5.88. The van der Waals surface area contributed by atoms with Crippen molar-refractivity contribution in [1.29, 1.82) is 5.26 Å². The average molecular weight is 545 g/mol. The number of fused-ring (bicyclic) bond motifs is 6. The number of rotatable bonds is 2. The van der Waals surface area contributed by atoms with Gasteiger partial charge in [-0.2, -0.15) is 5.26 Å². The fourth-order valence-electron chi connectivity index (χ4n) is 5.88. The normalized spacial score (nSPS) is 17.0. The topological polar surface area (TPSA) is 45.5 Å². The molecule has 0 unspecified atom stereocenters. The van der Waals surface area contributed by atoms with Gasteiger partial charge in [0.2, 0.25) is 0 Å². The van der Waals surface area contributed by atoms with Gasteiger partial charge in [-0.05, 0) is 85.5 Å². The van der Waals surface area contributed by atoms with Crippen molar-refractivity contribution in [2.24, 2.45) is 0 Å². The molecule has 0 saturated carbocycles. The third-order valence-electron chi connectivity index (χ3n) is 7.85. The minimum atomic E-state index is 0.631. The van der Waals surface area contributed by atoms with Gasteiger partial charge in [-0.3, -0.25) is 0 Å². The molecule has 3 heterocycles. The van der Waals surface area contributed by atoms with E-state index in [-0.39, 0.29) is 0 Å². The molecule has 0 fully saturated rings. The SMILES string of the molecule is CC1=CC(=C(C)C#N)C=C(/C=C2\C=C(C)c3ccc(N4c5ccccc5-c5ccccc5-c5ccccc54)cc3O2)O1. The molecule has 4 heteroatoms.